The summed E-state index contributed by atoms with van der Waals surface area (Å²) in [5.74, 6) is 0.662. The van der Waals surface area contributed by atoms with Crippen molar-refractivity contribution in [3.63, 3.8) is 0 Å². The van der Waals surface area contributed by atoms with E-state index in [4.69, 9.17) is 16.7 Å². The average Bonchev–Trinajstić information content (AvgIpc) is 3.44. The molecule has 0 atom stereocenters. The van der Waals surface area contributed by atoms with Crippen LogP contribution in [0.4, 0.5) is 0 Å². The summed E-state index contributed by atoms with van der Waals surface area (Å²) in [4.78, 5) is 25.6. The van der Waals surface area contributed by atoms with Crippen molar-refractivity contribution in [1.29, 1.82) is 0 Å². The van der Waals surface area contributed by atoms with Crippen LogP contribution in [0.3, 0.4) is 0 Å². The summed E-state index contributed by atoms with van der Waals surface area (Å²) in [6.45, 7) is 2.20. The van der Waals surface area contributed by atoms with Gasteiger partial charge in [0.2, 0.25) is 0 Å². The van der Waals surface area contributed by atoms with Crippen molar-refractivity contribution in [3.8, 4) is 11.3 Å². The molecular formula is C26H27ClN6O2. The molecule has 3 heterocycles. The molecular weight excluding hydrogens is 464 g/mol. The first-order valence-electron chi connectivity index (χ1n) is 11.9. The van der Waals surface area contributed by atoms with E-state index < -0.39 is 0 Å². The number of aromatic nitrogens is 5. The van der Waals surface area contributed by atoms with Gasteiger partial charge >= 0.3 is 5.69 Å². The Balaban J connectivity index is 1.28. The zero-order chi connectivity index (χ0) is 24.2. The van der Waals surface area contributed by atoms with Gasteiger partial charge in [-0.2, -0.15) is 10.2 Å². The van der Waals surface area contributed by atoms with Crippen LogP contribution in [0.5, 0.6) is 0 Å². The third kappa shape index (κ3) is 5.22. The van der Waals surface area contributed by atoms with Crippen LogP contribution in [0.15, 0.2) is 65.6 Å². The number of halogens is 1. The molecule has 1 aliphatic rings. The molecule has 8 nitrogen and oxygen atoms in total. The molecule has 0 aliphatic carbocycles. The van der Waals surface area contributed by atoms with Gasteiger partial charge in [0, 0.05) is 42.8 Å². The van der Waals surface area contributed by atoms with E-state index >= 15 is 0 Å². The number of aryl methyl sites for hydroxylation is 2. The second-order valence-corrected chi connectivity index (χ2v) is 9.16. The molecule has 0 saturated heterocycles. The second kappa shape index (κ2) is 10.3. The number of hydrogen-bond acceptors (Lipinski definition) is 4. The minimum Gasteiger partial charge on any atom is -0.352 e. The Morgan fingerprint density at radius 3 is 2.60 bits per heavy atom. The van der Waals surface area contributed by atoms with Crippen LogP contribution < -0.4 is 11.0 Å². The van der Waals surface area contributed by atoms with Gasteiger partial charge in [-0.15, -0.1) is 0 Å². The van der Waals surface area contributed by atoms with Crippen molar-refractivity contribution in [2.75, 3.05) is 6.54 Å². The van der Waals surface area contributed by atoms with E-state index in [9.17, 15) is 9.59 Å². The van der Waals surface area contributed by atoms with E-state index in [0.717, 1.165) is 42.8 Å². The standard InChI is InChI=1S/C26H27ClN6O2/c27-21-12-10-20(11-13-21)24-22(18-31(30-24)17-19-7-2-1-3-8-19)25(34)28-14-6-16-33-26(35)32-15-5-4-9-23(32)29-33/h1-3,7-8,10-13,18H,4-6,9,14-17H2,(H,28,34). The number of rotatable bonds is 8. The van der Waals surface area contributed by atoms with E-state index in [1.807, 2.05) is 42.5 Å². The van der Waals surface area contributed by atoms with Gasteiger partial charge in [-0.05, 0) is 37.0 Å². The lowest BCUT2D eigenvalue weighted by Crippen LogP contribution is -2.29. The van der Waals surface area contributed by atoms with Gasteiger partial charge in [-0.1, -0.05) is 54.1 Å². The zero-order valence-electron chi connectivity index (χ0n) is 19.4. The molecule has 4 aromatic rings. The Morgan fingerprint density at radius 2 is 1.83 bits per heavy atom. The molecule has 180 valence electrons. The van der Waals surface area contributed by atoms with Gasteiger partial charge in [0.25, 0.3) is 5.91 Å². The summed E-state index contributed by atoms with van der Waals surface area (Å²) in [5.41, 5.74) is 2.96. The first kappa shape index (κ1) is 23.1. The SMILES string of the molecule is O=C(NCCCn1nc2n(c1=O)CCCC2)c1cn(Cc2ccccc2)nc1-c1ccc(Cl)cc1. The summed E-state index contributed by atoms with van der Waals surface area (Å²) < 4.78 is 5.06. The average molecular weight is 491 g/mol. The van der Waals surface area contributed by atoms with Crippen molar-refractivity contribution in [3.05, 3.63) is 93.3 Å². The van der Waals surface area contributed by atoms with Crippen molar-refractivity contribution >= 4 is 17.5 Å². The molecule has 5 rings (SSSR count). The molecule has 2 aromatic carbocycles. The molecule has 2 aromatic heterocycles. The van der Waals surface area contributed by atoms with Gasteiger partial charge < -0.3 is 5.32 Å². The van der Waals surface area contributed by atoms with E-state index in [0.29, 0.717) is 42.3 Å². The molecule has 1 aliphatic heterocycles. The van der Waals surface area contributed by atoms with E-state index in [1.165, 1.54) is 4.68 Å². The second-order valence-electron chi connectivity index (χ2n) is 8.72. The van der Waals surface area contributed by atoms with Gasteiger partial charge in [0.15, 0.2) is 0 Å². The monoisotopic (exact) mass is 490 g/mol. The van der Waals surface area contributed by atoms with Crippen LogP contribution in [0.1, 0.15) is 41.0 Å². The number of carbonyl (C=O) groups is 1. The lowest BCUT2D eigenvalue weighted by atomic mass is 10.1. The highest BCUT2D eigenvalue weighted by molar-refractivity contribution is 6.30. The maximum Gasteiger partial charge on any atom is 0.345 e. The van der Waals surface area contributed by atoms with Crippen LogP contribution >= 0.6 is 11.6 Å². The molecule has 0 spiro atoms. The normalized spacial score (nSPS) is 12.9. The zero-order valence-corrected chi connectivity index (χ0v) is 20.1. The fourth-order valence-electron chi connectivity index (χ4n) is 4.38. The fraction of sp³-hybridized carbons (Fsp3) is 0.308. The Bertz CT molecular complexity index is 1370. The van der Waals surface area contributed by atoms with Crippen LogP contribution in [0, 0.1) is 0 Å². The van der Waals surface area contributed by atoms with Crippen molar-refractivity contribution in [2.24, 2.45) is 0 Å². The quantitative estimate of drug-likeness (QED) is 0.381. The van der Waals surface area contributed by atoms with Crippen molar-refractivity contribution < 1.29 is 4.79 Å². The molecule has 1 amide bonds. The Labute approximate surface area is 208 Å². The maximum atomic E-state index is 13.1. The summed E-state index contributed by atoms with van der Waals surface area (Å²) >= 11 is 6.06. The Hall–Kier alpha value is -3.65. The van der Waals surface area contributed by atoms with Gasteiger partial charge in [0.1, 0.15) is 11.5 Å². The van der Waals surface area contributed by atoms with Gasteiger partial charge in [0.05, 0.1) is 12.1 Å². The largest absolute Gasteiger partial charge is 0.352 e. The summed E-state index contributed by atoms with van der Waals surface area (Å²) in [5, 5.41) is 12.8. The highest BCUT2D eigenvalue weighted by atomic mass is 35.5. The highest BCUT2D eigenvalue weighted by Gasteiger charge is 2.19. The number of hydrogen-bond donors (Lipinski definition) is 1. The highest BCUT2D eigenvalue weighted by Crippen LogP contribution is 2.24. The molecule has 9 heteroatoms. The molecule has 0 radical (unpaired) electrons. The van der Waals surface area contributed by atoms with Gasteiger partial charge in [-0.3, -0.25) is 14.0 Å². The van der Waals surface area contributed by atoms with Crippen LogP contribution in [0.25, 0.3) is 11.3 Å². The first-order valence-corrected chi connectivity index (χ1v) is 12.3. The lowest BCUT2D eigenvalue weighted by molar-refractivity contribution is 0.0953. The summed E-state index contributed by atoms with van der Waals surface area (Å²) in [7, 11) is 0. The number of carbonyl (C=O) groups excluding carboxylic acids is 1. The van der Waals surface area contributed by atoms with Crippen LogP contribution in [0.2, 0.25) is 5.02 Å². The predicted octanol–water partition coefficient (Wildman–Crippen LogP) is 3.77. The van der Waals surface area contributed by atoms with Crippen LogP contribution in [-0.4, -0.2) is 36.6 Å². The molecule has 0 unspecified atom stereocenters. The number of nitrogens with zero attached hydrogens (tertiary/aromatic N) is 5. The van der Waals surface area contributed by atoms with E-state index in [-0.39, 0.29) is 11.6 Å². The van der Waals surface area contributed by atoms with E-state index in [2.05, 4.69) is 10.4 Å². The van der Waals surface area contributed by atoms with Gasteiger partial charge in [-0.25, -0.2) is 9.48 Å². The van der Waals surface area contributed by atoms with Crippen molar-refractivity contribution in [2.45, 2.75) is 45.3 Å². The third-order valence-electron chi connectivity index (χ3n) is 6.18. The third-order valence-corrected chi connectivity index (χ3v) is 6.43. The lowest BCUT2D eigenvalue weighted by Gasteiger charge is -2.09. The molecule has 0 saturated carbocycles. The molecule has 35 heavy (non-hydrogen) atoms. The van der Waals surface area contributed by atoms with E-state index in [1.54, 1.807) is 27.6 Å². The molecule has 0 bridgehead atoms. The summed E-state index contributed by atoms with van der Waals surface area (Å²) in [6, 6.07) is 17.3. The number of benzene rings is 2. The Morgan fingerprint density at radius 1 is 1.03 bits per heavy atom. The molecule has 0 fully saturated rings. The topological polar surface area (TPSA) is 86.7 Å². The number of fused-ring (bicyclic) bond motifs is 1. The minimum absolute atomic E-state index is 0.0572. The fourth-order valence-corrected chi connectivity index (χ4v) is 4.51. The maximum absolute atomic E-state index is 13.1. The molecule has 1 N–H and O–H groups in total. The predicted molar refractivity (Wildman–Crippen MR) is 135 cm³/mol. The first-order chi connectivity index (χ1) is 17.1. The minimum atomic E-state index is -0.203. The number of amides is 1. The summed E-state index contributed by atoms with van der Waals surface area (Å²) in [6.07, 6.45) is 5.32. The van der Waals surface area contributed by atoms with Crippen molar-refractivity contribution in [1.82, 2.24) is 29.4 Å². The van der Waals surface area contributed by atoms with Crippen LogP contribution in [-0.2, 0) is 26.1 Å². The number of nitrogens with one attached hydrogen (secondary N) is 1. The Kier molecular flexibility index (Phi) is 6.81. The smallest absolute Gasteiger partial charge is 0.345 e.